The number of pyridine rings is 1. The van der Waals surface area contributed by atoms with E-state index in [9.17, 15) is 10.1 Å². The van der Waals surface area contributed by atoms with E-state index in [4.69, 9.17) is 0 Å². The molecule has 1 amide bonds. The number of nitriles is 1. The molecule has 106 valence electrons. The first-order valence-corrected chi connectivity index (χ1v) is 7.17. The minimum absolute atomic E-state index is 0.156. The van der Waals surface area contributed by atoms with E-state index in [0.29, 0.717) is 25.3 Å². The SMILES string of the molecule is CC1CC(C#N)(C(=O)NCc2cccc3cccnc23)C1. The molecule has 0 unspecified atom stereocenters. The van der Waals surface area contributed by atoms with Crippen LogP contribution >= 0.6 is 0 Å². The lowest BCUT2D eigenvalue weighted by Crippen LogP contribution is -2.47. The van der Waals surface area contributed by atoms with Crippen molar-refractivity contribution in [2.45, 2.75) is 26.3 Å². The Morgan fingerprint density at radius 3 is 2.90 bits per heavy atom. The zero-order chi connectivity index (χ0) is 14.9. The summed E-state index contributed by atoms with van der Waals surface area (Å²) in [4.78, 5) is 16.7. The summed E-state index contributed by atoms with van der Waals surface area (Å²) in [5, 5.41) is 13.2. The molecule has 1 saturated carbocycles. The minimum atomic E-state index is -0.822. The summed E-state index contributed by atoms with van der Waals surface area (Å²) >= 11 is 0. The number of carbonyl (C=O) groups is 1. The smallest absolute Gasteiger partial charge is 0.240 e. The maximum Gasteiger partial charge on any atom is 0.240 e. The van der Waals surface area contributed by atoms with E-state index in [-0.39, 0.29) is 5.91 Å². The number of hydrogen-bond donors (Lipinski definition) is 1. The Balaban J connectivity index is 1.75. The van der Waals surface area contributed by atoms with E-state index in [2.05, 4.69) is 23.3 Å². The van der Waals surface area contributed by atoms with Crippen LogP contribution in [0.1, 0.15) is 25.3 Å². The maximum atomic E-state index is 12.3. The number of rotatable bonds is 3. The van der Waals surface area contributed by atoms with Crippen LogP contribution < -0.4 is 5.32 Å². The summed E-state index contributed by atoms with van der Waals surface area (Å²) in [5.41, 5.74) is 1.05. The monoisotopic (exact) mass is 279 g/mol. The fourth-order valence-electron chi connectivity index (χ4n) is 3.11. The Kier molecular flexibility index (Phi) is 3.34. The molecule has 0 atom stereocenters. The normalized spacial score (nSPS) is 24.1. The van der Waals surface area contributed by atoms with Crippen LogP contribution in [-0.4, -0.2) is 10.9 Å². The lowest BCUT2D eigenvalue weighted by molar-refractivity contribution is -0.134. The van der Waals surface area contributed by atoms with Crippen molar-refractivity contribution in [2.24, 2.45) is 11.3 Å². The highest BCUT2D eigenvalue weighted by molar-refractivity contribution is 5.87. The summed E-state index contributed by atoms with van der Waals surface area (Å²) in [7, 11) is 0. The largest absolute Gasteiger partial charge is 0.351 e. The molecule has 0 spiro atoms. The number of aromatic nitrogens is 1. The Labute approximate surface area is 123 Å². The molecule has 21 heavy (non-hydrogen) atoms. The number of nitrogens with zero attached hydrogens (tertiary/aromatic N) is 2. The van der Waals surface area contributed by atoms with Gasteiger partial charge < -0.3 is 5.32 Å². The number of carbonyl (C=O) groups excluding carboxylic acids is 1. The number of para-hydroxylation sites is 1. The fraction of sp³-hybridized carbons (Fsp3) is 0.353. The molecule has 4 heteroatoms. The van der Waals surface area contributed by atoms with Crippen molar-refractivity contribution < 1.29 is 4.79 Å². The Morgan fingerprint density at radius 1 is 1.43 bits per heavy atom. The van der Waals surface area contributed by atoms with Crippen molar-refractivity contribution in [3.05, 3.63) is 42.1 Å². The summed E-state index contributed by atoms with van der Waals surface area (Å²) in [6.07, 6.45) is 3.06. The second-order valence-corrected chi connectivity index (χ2v) is 5.88. The molecule has 1 aromatic heterocycles. The van der Waals surface area contributed by atoms with Gasteiger partial charge in [0.25, 0.3) is 0 Å². The maximum absolute atomic E-state index is 12.3. The van der Waals surface area contributed by atoms with Crippen molar-refractivity contribution in [3.63, 3.8) is 0 Å². The average molecular weight is 279 g/mol. The molecule has 0 radical (unpaired) electrons. The highest BCUT2D eigenvalue weighted by Gasteiger charge is 2.48. The first-order valence-electron chi connectivity index (χ1n) is 7.17. The van der Waals surface area contributed by atoms with Gasteiger partial charge in [-0.2, -0.15) is 5.26 Å². The topological polar surface area (TPSA) is 65.8 Å². The zero-order valence-electron chi connectivity index (χ0n) is 12.0. The van der Waals surface area contributed by atoms with Crippen LogP contribution in [0.4, 0.5) is 0 Å². The van der Waals surface area contributed by atoms with Gasteiger partial charge in [0.1, 0.15) is 5.41 Å². The average Bonchev–Trinajstić information content (AvgIpc) is 2.49. The van der Waals surface area contributed by atoms with Gasteiger partial charge in [-0.3, -0.25) is 9.78 Å². The molecular weight excluding hydrogens is 262 g/mol. The summed E-state index contributed by atoms with van der Waals surface area (Å²) in [6.45, 7) is 2.47. The summed E-state index contributed by atoms with van der Waals surface area (Å²) in [5.74, 6) is 0.297. The number of benzene rings is 1. The van der Waals surface area contributed by atoms with Gasteiger partial charge in [0.05, 0.1) is 11.6 Å². The van der Waals surface area contributed by atoms with E-state index in [1.54, 1.807) is 6.20 Å². The molecule has 1 aromatic carbocycles. The van der Waals surface area contributed by atoms with Gasteiger partial charge in [0.15, 0.2) is 0 Å². The van der Waals surface area contributed by atoms with Crippen LogP contribution in [0.5, 0.6) is 0 Å². The Morgan fingerprint density at radius 2 is 2.19 bits per heavy atom. The quantitative estimate of drug-likeness (QED) is 0.939. The lowest BCUT2D eigenvalue weighted by atomic mass is 9.63. The molecule has 1 aliphatic rings. The molecule has 0 bridgehead atoms. The van der Waals surface area contributed by atoms with Crippen molar-refractivity contribution in [1.29, 1.82) is 5.26 Å². The van der Waals surface area contributed by atoms with Crippen LogP contribution in [0.2, 0.25) is 0 Å². The van der Waals surface area contributed by atoms with Gasteiger partial charge >= 0.3 is 0 Å². The van der Waals surface area contributed by atoms with Crippen molar-refractivity contribution >= 4 is 16.8 Å². The number of nitrogens with one attached hydrogen (secondary N) is 1. The van der Waals surface area contributed by atoms with Crippen LogP contribution in [0.25, 0.3) is 10.9 Å². The third-order valence-corrected chi connectivity index (χ3v) is 4.20. The molecule has 1 heterocycles. The highest BCUT2D eigenvalue weighted by Crippen LogP contribution is 2.45. The molecule has 3 rings (SSSR count). The van der Waals surface area contributed by atoms with Gasteiger partial charge in [-0.25, -0.2) is 0 Å². The summed E-state index contributed by atoms with van der Waals surface area (Å²) in [6, 6.07) is 12.0. The second kappa shape index (κ2) is 5.17. The molecular formula is C17H17N3O. The van der Waals surface area contributed by atoms with Crippen LogP contribution in [0.15, 0.2) is 36.5 Å². The Hall–Kier alpha value is -2.41. The van der Waals surface area contributed by atoms with Gasteiger partial charge in [-0.15, -0.1) is 0 Å². The third kappa shape index (κ3) is 2.36. The zero-order valence-corrected chi connectivity index (χ0v) is 12.0. The molecule has 4 nitrogen and oxygen atoms in total. The van der Waals surface area contributed by atoms with Gasteiger partial charge in [0, 0.05) is 18.1 Å². The second-order valence-electron chi connectivity index (χ2n) is 5.88. The van der Waals surface area contributed by atoms with Gasteiger partial charge in [-0.05, 0) is 30.4 Å². The van der Waals surface area contributed by atoms with Crippen molar-refractivity contribution in [3.8, 4) is 6.07 Å². The van der Waals surface area contributed by atoms with E-state index >= 15 is 0 Å². The number of fused-ring (bicyclic) bond motifs is 1. The molecule has 1 fully saturated rings. The molecule has 0 saturated heterocycles. The number of hydrogen-bond acceptors (Lipinski definition) is 3. The molecule has 0 aliphatic heterocycles. The van der Waals surface area contributed by atoms with Crippen molar-refractivity contribution in [2.75, 3.05) is 0 Å². The van der Waals surface area contributed by atoms with E-state index < -0.39 is 5.41 Å². The van der Waals surface area contributed by atoms with E-state index in [1.165, 1.54) is 0 Å². The standard InChI is InChI=1S/C17H17N3O/c1-12-8-17(9-12,11-18)16(21)20-10-14-5-2-4-13-6-3-7-19-15(13)14/h2-7,12H,8-10H2,1H3,(H,20,21). The van der Waals surface area contributed by atoms with Gasteiger partial charge in [0.2, 0.25) is 5.91 Å². The predicted molar refractivity (Wildman–Crippen MR) is 80.0 cm³/mol. The molecule has 1 N–H and O–H groups in total. The first kappa shape index (κ1) is 13.6. The lowest BCUT2D eigenvalue weighted by Gasteiger charge is -2.39. The Bertz CT molecular complexity index is 721. The van der Waals surface area contributed by atoms with E-state index in [0.717, 1.165) is 16.5 Å². The highest BCUT2D eigenvalue weighted by atomic mass is 16.2. The summed E-state index contributed by atoms with van der Waals surface area (Å²) < 4.78 is 0. The molecule has 1 aliphatic carbocycles. The van der Waals surface area contributed by atoms with Crippen molar-refractivity contribution in [1.82, 2.24) is 10.3 Å². The number of amides is 1. The predicted octanol–water partition coefficient (Wildman–Crippen LogP) is 2.79. The van der Waals surface area contributed by atoms with E-state index in [1.807, 2.05) is 30.3 Å². The molecule has 2 aromatic rings. The van der Waals surface area contributed by atoms with Crippen LogP contribution in [0, 0.1) is 22.7 Å². The minimum Gasteiger partial charge on any atom is -0.351 e. The fourth-order valence-corrected chi connectivity index (χ4v) is 3.11. The first-order chi connectivity index (χ1) is 10.1. The third-order valence-electron chi connectivity index (χ3n) is 4.20. The van der Waals surface area contributed by atoms with Crippen LogP contribution in [-0.2, 0) is 11.3 Å². The van der Waals surface area contributed by atoms with Gasteiger partial charge in [-0.1, -0.05) is 31.2 Å². The van der Waals surface area contributed by atoms with Crippen LogP contribution in [0.3, 0.4) is 0 Å².